The summed E-state index contributed by atoms with van der Waals surface area (Å²) in [6, 6.07) is 8.23. The van der Waals surface area contributed by atoms with Gasteiger partial charge in [-0.2, -0.15) is 0 Å². The fourth-order valence-electron chi connectivity index (χ4n) is 3.32. The third kappa shape index (κ3) is 6.42. The van der Waals surface area contributed by atoms with Crippen molar-refractivity contribution in [2.24, 2.45) is 12.5 Å². The molecule has 0 saturated carbocycles. The Kier molecular flexibility index (Phi) is 8.39. The molecule has 1 heterocycles. The molecule has 0 atom stereocenters. The number of carbonyl (C=O) groups excluding carboxylic acids is 2. The van der Waals surface area contributed by atoms with Gasteiger partial charge < -0.3 is 24.7 Å². The molecule has 8 nitrogen and oxygen atoms in total. The zero-order valence-corrected chi connectivity index (χ0v) is 21.5. The fourth-order valence-corrected chi connectivity index (χ4v) is 3.48. The molecule has 0 spiro atoms. The third-order valence-corrected chi connectivity index (χ3v) is 5.58. The molecule has 36 heavy (non-hydrogen) atoms. The molecule has 0 aliphatic carbocycles. The highest BCUT2D eigenvalue weighted by molar-refractivity contribution is 6.33. The number of nitrogens with one attached hydrogen (secondary N) is 2. The Morgan fingerprint density at radius 3 is 2.56 bits per heavy atom. The second-order valence-electron chi connectivity index (χ2n) is 9.13. The van der Waals surface area contributed by atoms with Gasteiger partial charge in [-0.05, 0) is 30.7 Å². The summed E-state index contributed by atoms with van der Waals surface area (Å²) >= 11 is 6.39. The van der Waals surface area contributed by atoms with Gasteiger partial charge in [0.2, 0.25) is 11.9 Å². The van der Waals surface area contributed by atoms with Crippen LogP contribution < -0.4 is 15.4 Å². The van der Waals surface area contributed by atoms with Crippen molar-refractivity contribution in [3.8, 4) is 5.75 Å². The van der Waals surface area contributed by atoms with Gasteiger partial charge in [0.05, 0.1) is 28.4 Å². The molecule has 2 N–H and O–H groups in total. The van der Waals surface area contributed by atoms with Crippen molar-refractivity contribution in [3.05, 3.63) is 46.5 Å². The van der Waals surface area contributed by atoms with Crippen molar-refractivity contribution in [1.82, 2.24) is 14.9 Å². The maximum Gasteiger partial charge on any atom is 0.341 e. The van der Waals surface area contributed by atoms with Crippen LogP contribution >= 0.6 is 11.6 Å². The number of nitrogens with zero attached hydrogens (tertiary/aromatic N) is 2. The standard InChI is InChI=1S/C25H29ClF2N4O4/c1-6-35-22(33)15-10-18-19(11-20(15)36-13-21(27)28)32(5)24(31-18)30-17-9-14(7-8-16(17)26)12-29-23(34)25(2,3)4/h7-11,21H,6,12-13H2,1-5H3,(H,29,34)(H,30,31). The summed E-state index contributed by atoms with van der Waals surface area (Å²) in [7, 11) is 1.72. The van der Waals surface area contributed by atoms with Crippen molar-refractivity contribution in [2.45, 2.75) is 40.7 Å². The molecule has 0 radical (unpaired) electrons. The van der Waals surface area contributed by atoms with Gasteiger partial charge in [-0.15, -0.1) is 0 Å². The van der Waals surface area contributed by atoms with Crippen LogP contribution in [-0.2, 0) is 23.1 Å². The SMILES string of the molecule is CCOC(=O)c1cc2nc(Nc3cc(CNC(=O)C(C)(C)C)ccc3Cl)n(C)c2cc1OCC(F)F. The summed E-state index contributed by atoms with van der Waals surface area (Å²) < 4.78 is 37.4. The van der Waals surface area contributed by atoms with E-state index in [4.69, 9.17) is 21.1 Å². The lowest BCUT2D eigenvalue weighted by Gasteiger charge is -2.18. The van der Waals surface area contributed by atoms with E-state index in [2.05, 4.69) is 15.6 Å². The fraction of sp³-hybridized carbons (Fsp3) is 0.400. The van der Waals surface area contributed by atoms with Crippen molar-refractivity contribution in [2.75, 3.05) is 18.5 Å². The number of halogens is 3. The number of imidazole rings is 1. The van der Waals surface area contributed by atoms with E-state index >= 15 is 0 Å². The number of rotatable bonds is 9. The van der Waals surface area contributed by atoms with E-state index in [0.29, 0.717) is 34.2 Å². The lowest BCUT2D eigenvalue weighted by atomic mass is 9.95. The minimum absolute atomic E-state index is 0.00395. The Hall–Kier alpha value is -3.40. The Morgan fingerprint density at radius 2 is 1.92 bits per heavy atom. The first-order chi connectivity index (χ1) is 16.9. The van der Waals surface area contributed by atoms with E-state index < -0.39 is 24.4 Å². The molecule has 0 fully saturated rings. The van der Waals surface area contributed by atoms with Crippen LogP contribution in [0.3, 0.4) is 0 Å². The average Bonchev–Trinajstić information content (AvgIpc) is 3.11. The van der Waals surface area contributed by atoms with Gasteiger partial charge in [-0.1, -0.05) is 38.4 Å². The van der Waals surface area contributed by atoms with Crippen molar-refractivity contribution >= 4 is 46.1 Å². The molecule has 0 unspecified atom stereocenters. The molecular formula is C25H29ClF2N4O4. The molecule has 0 aliphatic heterocycles. The molecule has 0 aliphatic rings. The van der Waals surface area contributed by atoms with Crippen LogP contribution in [0.15, 0.2) is 30.3 Å². The minimum Gasteiger partial charge on any atom is -0.487 e. The summed E-state index contributed by atoms with van der Waals surface area (Å²) in [5.74, 6) is -0.407. The van der Waals surface area contributed by atoms with Crippen LogP contribution in [0.2, 0.25) is 5.02 Å². The second kappa shape index (κ2) is 11.1. The summed E-state index contributed by atoms with van der Waals surface area (Å²) in [5, 5.41) is 6.49. The largest absolute Gasteiger partial charge is 0.487 e. The van der Waals surface area contributed by atoms with Crippen molar-refractivity contribution in [1.29, 1.82) is 0 Å². The monoisotopic (exact) mass is 522 g/mol. The van der Waals surface area contributed by atoms with Crippen LogP contribution in [0.1, 0.15) is 43.6 Å². The predicted molar refractivity (Wildman–Crippen MR) is 134 cm³/mol. The van der Waals surface area contributed by atoms with E-state index in [1.54, 1.807) is 30.7 Å². The summed E-state index contributed by atoms with van der Waals surface area (Å²) in [6.07, 6.45) is -2.71. The number of hydrogen-bond donors (Lipinski definition) is 2. The van der Waals surface area contributed by atoms with Crippen LogP contribution in [0, 0.1) is 5.41 Å². The molecule has 2 aromatic carbocycles. The molecule has 0 saturated heterocycles. The highest BCUT2D eigenvalue weighted by atomic mass is 35.5. The van der Waals surface area contributed by atoms with Gasteiger partial charge in [0.25, 0.3) is 6.43 Å². The minimum atomic E-state index is -2.71. The second-order valence-corrected chi connectivity index (χ2v) is 9.53. The van der Waals surface area contributed by atoms with E-state index in [1.807, 2.05) is 26.8 Å². The first-order valence-corrected chi connectivity index (χ1v) is 11.7. The zero-order chi connectivity index (χ0) is 26.6. The zero-order valence-electron chi connectivity index (χ0n) is 20.7. The number of aryl methyl sites for hydroxylation is 1. The quantitative estimate of drug-likeness (QED) is 0.363. The Balaban J connectivity index is 1.92. The van der Waals surface area contributed by atoms with Crippen LogP contribution in [-0.4, -0.2) is 41.1 Å². The van der Waals surface area contributed by atoms with Gasteiger partial charge in [-0.3, -0.25) is 4.79 Å². The van der Waals surface area contributed by atoms with Gasteiger partial charge >= 0.3 is 5.97 Å². The number of alkyl halides is 2. The molecule has 1 amide bonds. The van der Waals surface area contributed by atoms with E-state index in [1.165, 1.54) is 12.1 Å². The molecule has 11 heteroatoms. The van der Waals surface area contributed by atoms with Gasteiger partial charge in [0.15, 0.2) is 0 Å². The highest BCUT2D eigenvalue weighted by Crippen LogP contribution is 2.32. The van der Waals surface area contributed by atoms with Gasteiger partial charge in [-0.25, -0.2) is 18.6 Å². The number of fused-ring (bicyclic) bond motifs is 1. The van der Waals surface area contributed by atoms with Crippen LogP contribution in [0.25, 0.3) is 11.0 Å². The Morgan fingerprint density at radius 1 is 1.19 bits per heavy atom. The lowest BCUT2D eigenvalue weighted by Crippen LogP contribution is -2.34. The summed E-state index contributed by atoms with van der Waals surface area (Å²) in [5.41, 5.74) is 1.84. The lowest BCUT2D eigenvalue weighted by molar-refractivity contribution is -0.128. The van der Waals surface area contributed by atoms with Crippen LogP contribution in [0.5, 0.6) is 5.75 Å². The van der Waals surface area contributed by atoms with Crippen LogP contribution in [0.4, 0.5) is 20.4 Å². The first-order valence-electron chi connectivity index (χ1n) is 11.3. The van der Waals surface area contributed by atoms with Gasteiger partial charge in [0.1, 0.15) is 17.9 Å². The van der Waals surface area contributed by atoms with Crippen molar-refractivity contribution < 1.29 is 27.8 Å². The first kappa shape index (κ1) is 27.2. The van der Waals surface area contributed by atoms with E-state index in [0.717, 1.165) is 5.56 Å². The maximum atomic E-state index is 12.8. The number of amides is 1. The predicted octanol–water partition coefficient (Wildman–Crippen LogP) is 5.45. The average molecular weight is 523 g/mol. The van der Waals surface area contributed by atoms with E-state index in [-0.39, 0.29) is 23.8 Å². The maximum absolute atomic E-state index is 12.8. The molecule has 3 rings (SSSR count). The molecular weight excluding hydrogens is 494 g/mol. The Labute approximate surface area is 212 Å². The molecule has 3 aromatic rings. The number of esters is 1. The topological polar surface area (TPSA) is 94.5 Å². The number of ether oxygens (including phenoxy) is 2. The summed E-state index contributed by atoms with van der Waals surface area (Å²) in [4.78, 5) is 29.1. The molecule has 194 valence electrons. The number of carbonyl (C=O) groups is 2. The normalized spacial score (nSPS) is 11.6. The van der Waals surface area contributed by atoms with Crippen molar-refractivity contribution in [3.63, 3.8) is 0 Å². The number of hydrogen-bond acceptors (Lipinski definition) is 6. The smallest absolute Gasteiger partial charge is 0.341 e. The third-order valence-electron chi connectivity index (χ3n) is 5.25. The summed E-state index contributed by atoms with van der Waals surface area (Å²) in [6.45, 7) is 6.71. The molecule has 0 bridgehead atoms. The highest BCUT2D eigenvalue weighted by Gasteiger charge is 2.22. The number of anilines is 2. The number of aromatic nitrogens is 2. The molecule has 1 aromatic heterocycles. The Bertz CT molecular complexity index is 1270. The van der Waals surface area contributed by atoms with Gasteiger partial charge in [0, 0.05) is 25.1 Å². The number of benzene rings is 2. The van der Waals surface area contributed by atoms with E-state index in [9.17, 15) is 18.4 Å².